The van der Waals surface area contributed by atoms with Gasteiger partial charge in [-0.25, -0.2) is 4.79 Å². The molecule has 208 valence electrons. The van der Waals surface area contributed by atoms with Crippen molar-refractivity contribution in [1.82, 2.24) is 14.8 Å². The van der Waals surface area contributed by atoms with Gasteiger partial charge < -0.3 is 14.8 Å². The number of rotatable bonds is 11. The Kier molecular flexibility index (Phi) is 9.85. The first-order valence-electron chi connectivity index (χ1n) is 13.3. The van der Waals surface area contributed by atoms with Crippen molar-refractivity contribution in [3.8, 4) is 5.75 Å². The molecule has 1 N–H and O–H groups in total. The van der Waals surface area contributed by atoms with Gasteiger partial charge in [-0.3, -0.25) is 9.36 Å². The summed E-state index contributed by atoms with van der Waals surface area (Å²) in [6, 6.07) is 6.08. The van der Waals surface area contributed by atoms with Crippen LogP contribution in [0.1, 0.15) is 77.0 Å². The number of aromatic nitrogens is 3. The molecule has 1 atom stereocenters. The Bertz CT molecular complexity index is 1330. The van der Waals surface area contributed by atoms with Gasteiger partial charge in [0, 0.05) is 11.4 Å². The minimum Gasteiger partial charge on any atom is -0.483 e. The van der Waals surface area contributed by atoms with Gasteiger partial charge in [0.15, 0.2) is 17.1 Å². The SMILES string of the molecule is C=CCn1c(SCC(=O)Nc2sc3c(c2C(=O)OCC)CCCCC3)nnc1C(C)Oc1cc(C)cc(C)c1. The van der Waals surface area contributed by atoms with Crippen LogP contribution in [0.2, 0.25) is 0 Å². The average molecular weight is 569 g/mol. The summed E-state index contributed by atoms with van der Waals surface area (Å²) >= 11 is 2.79. The number of fused-ring (bicyclic) bond motifs is 1. The highest BCUT2D eigenvalue weighted by atomic mass is 32.2. The predicted molar refractivity (Wildman–Crippen MR) is 156 cm³/mol. The van der Waals surface area contributed by atoms with Gasteiger partial charge in [0.2, 0.25) is 5.91 Å². The summed E-state index contributed by atoms with van der Waals surface area (Å²) in [6.45, 7) is 12.4. The first kappa shape index (κ1) is 28.9. The summed E-state index contributed by atoms with van der Waals surface area (Å²) in [5, 5.41) is 12.9. The summed E-state index contributed by atoms with van der Waals surface area (Å²) < 4.78 is 13.4. The van der Waals surface area contributed by atoms with Crippen molar-refractivity contribution in [1.29, 1.82) is 0 Å². The Morgan fingerprint density at radius 1 is 1.18 bits per heavy atom. The maximum atomic E-state index is 13.0. The number of thioether (sulfide) groups is 1. The highest BCUT2D eigenvalue weighted by molar-refractivity contribution is 7.99. The van der Waals surface area contributed by atoms with E-state index in [2.05, 4.69) is 28.2 Å². The number of benzene rings is 1. The Hall–Kier alpha value is -3.11. The van der Waals surface area contributed by atoms with Gasteiger partial charge in [-0.05, 0) is 82.2 Å². The molecular formula is C29H36N4O4S2. The van der Waals surface area contributed by atoms with Crippen LogP contribution in [-0.2, 0) is 28.9 Å². The number of carbonyl (C=O) groups excluding carboxylic acids is 2. The molecule has 1 amide bonds. The van der Waals surface area contributed by atoms with Gasteiger partial charge in [0.05, 0.1) is 17.9 Å². The van der Waals surface area contributed by atoms with E-state index in [1.807, 2.05) is 37.5 Å². The van der Waals surface area contributed by atoms with Gasteiger partial charge in [0.25, 0.3) is 0 Å². The quantitative estimate of drug-likeness (QED) is 0.123. The molecule has 1 aliphatic rings. The van der Waals surface area contributed by atoms with E-state index in [9.17, 15) is 9.59 Å². The first-order chi connectivity index (χ1) is 18.8. The van der Waals surface area contributed by atoms with E-state index in [1.165, 1.54) is 28.0 Å². The Balaban J connectivity index is 1.47. The zero-order chi connectivity index (χ0) is 27.9. The van der Waals surface area contributed by atoms with Gasteiger partial charge in [-0.2, -0.15) is 0 Å². The molecule has 10 heteroatoms. The van der Waals surface area contributed by atoms with Crippen LogP contribution in [0.4, 0.5) is 5.00 Å². The molecule has 0 saturated heterocycles. The fourth-order valence-electron chi connectivity index (χ4n) is 4.81. The zero-order valence-electron chi connectivity index (χ0n) is 23.0. The van der Waals surface area contributed by atoms with E-state index in [4.69, 9.17) is 9.47 Å². The van der Waals surface area contributed by atoms with Gasteiger partial charge in [0.1, 0.15) is 10.8 Å². The number of allylic oxidation sites excluding steroid dienone is 1. The van der Waals surface area contributed by atoms with Crippen molar-refractivity contribution in [2.75, 3.05) is 17.7 Å². The van der Waals surface area contributed by atoms with Crippen LogP contribution in [0.15, 0.2) is 36.0 Å². The minimum atomic E-state index is -0.368. The normalized spacial score (nSPS) is 13.7. The molecule has 3 aromatic rings. The number of anilines is 1. The minimum absolute atomic E-state index is 0.117. The van der Waals surface area contributed by atoms with Crippen LogP contribution in [-0.4, -0.2) is 39.0 Å². The maximum absolute atomic E-state index is 13.0. The Morgan fingerprint density at radius 2 is 1.92 bits per heavy atom. The fourth-order valence-corrected chi connectivity index (χ4v) is 6.86. The number of thiophene rings is 1. The van der Waals surface area contributed by atoms with E-state index in [0.29, 0.717) is 34.7 Å². The summed E-state index contributed by atoms with van der Waals surface area (Å²) in [7, 11) is 0. The molecule has 8 nitrogen and oxygen atoms in total. The number of aryl methyl sites for hydroxylation is 3. The topological polar surface area (TPSA) is 95.3 Å². The van der Waals surface area contributed by atoms with Crippen LogP contribution in [0.3, 0.4) is 0 Å². The number of hydrogen-bond acceptors (Lipinski definition) is 8. The van der Waals surface area contributed by atoms with Crippen LogP contribution in [0, 0.1) is 13.8 Å². The molecule has 0 bridgehead atoms. The second-order valence-corrected chi connectivity index (χ2v) is 11.7. The molecule has 39 heavy (non-hydrogen) atoms. The van der Waals surface area contributed by atoms with E-state index >= 15 is 0 Å². The predicted octanol–water partition coefficient (Wildman–Crippen LogP) is 6.46. The fraction of sp³-hybridized carbons (Fsp3) is 0.448. The maximum Gasteiger partial charge on any atom is 0.341 e. The third-order valence-corrected chi connectivity index (χ3v) is 8.59. The van der Waals surface area contributed by atoms with Gasteiger partial charge >= 0.3 is 5.97 Å². The monoisotopic (exact) mass is 568 g/mol. The number of hydrogen-bond donors (Lipinski definition) is 1. The molecule has 2 aromatic heterocycles. The summed E-state index contributed by atoms with van der Waals surface area (Å²) in [4.78, 5) is 27.0. The van der Waals surface area contributed by atoms with E-state index < -0.39 is 0 Å². The highest BCUT2D eigenvalue weighted by Crippen LogP contribution is 2.38. The third kappa shape index (κ3) is 7.10. The lowest BCUT2D eigenvalue weighted by molar-refractivity contribution is -0.113. The standard InChI is InChI=1S/C29H36N4O4S2/c1-6-13-33-26(20(5)37-21-15-18(3)14-19(4)16-21)31-32-29(33)38-17-24(34)30-27-25(28(35)36-7-2)22-11-9-8-10-12-23(22)39-27/h6,14-16,20H,1,7-13,17H2,2-5H3,(H,30,34). The van der Waals surface area contributed by atoms with Crippen LogP contribution >= 0.6 is 23.1 Å². The smallest absolute Gasteiger partial charge is 0.341 e. The van der Waals surface area contributed by atoms with Crippen molar-refractivity contribution >= 4 is 40.0 Å². The molecule has 1 aliphatic carbocycles. The second kappa shape index (κ2) is 13.3. The lowest BCUT2D eigenvalue weighted by atomic mass is 10.1. The molecular weight excluding hydrogens is 532 g/mol. The summed E-state index contributed by atoms with van der Waals surface area (Å²) in [5.74, 6) is 0.966. The first-order valence-corrected chi connectivity index (χ1v) is 15.1. The molecule has 1 aromatic carbocycles. The molecule has 0 saturated carbocycles. The van der Waals surface area contributed by atoms with Crippen LogP contribution < -0.4 is 10.1 Å². The number of ether oxygens (including phenoxy) is 2. The summed E-state index contributed by atoms with van der Waals surface area (Å²) in [6.07, 6.45) is 6.44. The molecule has 1 unspecified atom stereocenters. The van der Waals surface area contributed by atoms with Crippen molar-refractivity contribution in [3.05, 3.63) is 63.8 Å². The molecule has 2 heterocycles. The number of esters is 1. The zero-order valence-corrected chi connectivity index (χ0v) is 24.7. The van der Waals surface area contributed by atoms with Crippen molar-refractivity contribution < 1.29 is 19.1 Å². The second-order valence-electron chi connectivity index (χ2n) is 9.65. The van der Waals surface area contributed by atoms with Crippen molar-refractivity contribution in [2.24, 2.45) is 0 Å². The van der Waals surface area contributed by atoms with E-state index in [0.717, 1.165) is 54.5 Å². The third-order valence-electron chi connectivity index (χ3n) is 6.41. The average Bonchev–Trinajstić information content (AvgIpc) is 3.35. The Labute approximate surface area is 238 Å². The lowest BCUT2D eigenvalue weighted by Gasteiger charge is -2.16. The number of nitrogens with zero attached hydrogens (tertiary/aromatic N) is 3. The van der Waals surface area contributed by atoms with Crippen molar-refractivity contribution in [2.45, 2.75) is 77.6 Å². The van der Waals surface area contributed by atoms with E-state index in [1.54, 1.807) is 13.0 Å². The van der Waals surface area contributed by atoms with Crippen molar-refractivity contribution in [3.63, 3.8) is 0 Å². The number of carbonyl (C=O) groups is 2. The molecule has 0 aliphatic heterocycles. The molecule has 4 rings (SSSR count). The van der Waals surface area contributed by atoms with E-state index in [-0.39, 0.29) is 23.7 Å². The Morgan fingerprint density at radius 3 is 2.64 bits per heavy atom. The highest BCUT2D eigenvalue weighted by Gasteiger charge is 2.27. The van der Waals surface area contributed by atoms with Gasteiger partial charge in [-0.15, -0.1) is 28.1 Å². The van der Waals surface area contributed by atoms with Crippen LogP contribution in [0.25, 0.3) is 0 Å². The molecule has 0 fully saturated rings. The van der Waals surface area contributed by atoms with Gasteiger partial charge in [-0.1, -0.05) is 30.3 Å². The molecule has 0 spiro atoms. The summed E-state index contributed by atoms with van der Waals surface area (Å²) in [5.41, 5.74) is 3.80. The molecule has 0 radical (unpaired) electrons. The largest absolute Gasteiger partial charge is 0.483 e. The lowest BCUT2D eigenvalue weighted by Crippen LogP contribution is -2.17. The van der Waals surface area contributed by atoms with Crippen LogP contribution in [0.5, 0.6) is 5.75 Å². The number of nitrogens with one attached hydrogen (secondary N) is 1. The number of amides is 1.